The molecule has 10 heteroatoms. The quantitative estimate of drug-likeness (QED) is 0.384. The standard InChI is InChI=1S/C34H43N7O3/c1-24-8-5-9-25-10-6-12-29(32(24)25)41-17-15-27-28(22-41)35-34(44-23-26-11-7-16-38(26)4)36-33(27)40-20-18-39(19-21-40)31(43)14-13-30(42)37(2)3/h5-6,8-10,12-14,26H,7,11,15-23H2,1-4H3/b14-13+/t26-/m0/s1. The number of benzene rings is 2. The molecule has 0 N–H and O–H groups in total. The first-order valence-corrected chi connectivity index (χ1v) is 15.7. The highest BCUT2D eigenvalue weighted by Gasteiger charge is 2.30. The predicted molar refractivity (Wildman–Crippen MR) is 173 cm³/mol. The summed E-state index contributed by atoms with van der Waals surface area (Å²) in [6.45, 7) is 7.81. The van der Waals surface area contributed by atoms with E-state index in [0.717, 1.165) is 37.4 Å². The number of amides is 2. The molecule has 0 bridgehead atoms. The lowest BCUT2D eigenvalue weighted by Crippen LogP contribution is -2.49. The number of ether oxygens (including phenoxy) is 1. The summed E-state index contributed by atoms with van der Waals surface area (Å²) in [5.74, 6) is 0.577. The Labute approximate surface area is 259 Å². The summed E-state index contributed by atoms with van der Waals surface area (Å²) in [6.07, 6.45) is 5.84. The van der Waals surface area contributed by atoms with Crippen molar-refractivity contribution >= 4 is 34.1 Å². The number of hydrogen-bond acceptors (Lipinski definition) is 8. The van der Waals surface area contributed by atoms with E-state index in [2.05, 4.69) is 65.1 Å². The zero-order chi connectivity index (χ0) is 30.8. The molecule has 6 rings (SSSR count). The van der Waals surface area contributed by atoms with Crippen molar-refractivity contribution in [3.63, 3.8) is 0 Å². The molecule has 0 radical (unpaired) electrons. The second kappa shape index (κ2) is 12.8. The summed E-state index contributed by atoms with van der Waals surface area (Å²) in [6, 6.07) is 13.8. The van der Waals surface area contributed by atoms with E-state index in [1.165, 1.54) is 51.1 Å². The van der Waals surface area contributed by atoms with Crippen LogP contribution >= 0.6 is 0 Å². The minimum Gasteiger partial charge on any atom is -0.462 e. The Morgan fingerprint density at radius 3 is 2.48 bits per heavy atom. The van der Waals surface area contributed by atoms with Gasteiger partial charge in [-0.2, -0.15) is 9.97 Å². The summed E-state index contributed by atoms with van der Waals surface area (Å²) >= 11 is 0. The largest absolute Gasteiger partial charge is 0.462 e. The second-order valence-corrected chi connectivity index (χ2v) is 12.3. The molecule has 44 heavy (non-hydrogen) atoms. The fraction of sp³-hybridized carbons (Fsp3) is 0.471. The zero-order valence-electron chi connectivity index (χ0n) is 26.3. The number of likely N-dealkylation sites (tertiary alicyclic amines) is 1. The van der Waals surface area contributed by atoms with Gasteiger partial charge in [-0.25, -0.2) is 0 Å². The van der Waals surface area contributed by atoms with Crippen LogP contribution in [-0.2, 0) is 22.6 Å². The molecule has 3 aliphatic heterocycles. The van der Waals surface area contributed by atoms with E-state index in [-0.39, 0.29) is 11.8 Å². The topological polar surface area (TPSA) is 85.4 Å². The van der Waals surface area contributed by atoms with Gasteiger partial charge >= 0.3 is 6.01 Å². The molecule has 10 nitrogen and oxygen atoms in total. The van der Waals surface area contributed by atoms with Gasteiger partial charge in [-0.1, -0.05) is 30.3 Å². The third kappa shape index (κ3) is 6.22. The molecule has 2 amide bonds. The number of nitrogens with zero attached hydrogens (tertiary/aromatic N) is 7. The van der Waals surface area contributed by atoms with E-state index in [9.17, 15) is 9.59 Å². The Balaban J connectivity index is 1.25. The van der Waals surface area contributed by atoms with E-state index in [4.69, 9.17) is 14.7 Å². The van der Waals surface area contributed by atoms with Crippen molar-refractivity contribution < 1.29 is 14.3 Å². The molecule has 0 saturated carbocycles. The first-order valence-electron chi connectivity index (χ1n) is 15.7. The van der Waals surface area contributed by atoms with E-state index in [1.807, 2.05) is 0 Å². The van der Waals surface area contributed by atoms with Crippen molar-refractivity contribution in [1.82, 2.24) is 24.7 Å². The van der Waals surface area contributed by atoms with Gasteiger partial charge in [0.15, 0.2) is 0 Å². The summed E-state index contributed by atoms with van der Waals surface area (Å²) in [4.78, 5) is 45.0. The third-order valence-electron chi connectivity index (χ3n) is 9.23. The molecule has 232 valence electrons. The number of hydrogen-bond donors (Lipinski definition) is 0. The third-order valence-corrected chi connectivity index (χ3v) is 9.23. The van der Waals surface area contributed by atoms with Crippen LogP contribution in [0.15, 0.2) is 48.6 Å². The molecule has 1 aromatic heterocycles. The fourth-order valence-electron chi connectivity index (χ4n) is 6.59. The SMILES string of the molecule is Cc1cccc2cccc(N3CCc4c(nc(OC[C@@H]5CCCN5C)nc4N4CCN(C(=O)/C=C/C(=O)N(C)C)CC4)C3)c12. The highest BCUT2D eigenvalue weighted by molar-refractivity contribution is 5.97. The lowest BCUT2D eigenvalue weighted by molar-refractivity contribution is -0.127. The van der Waals surface area contributed by atoms with Crippen LogP contribution in [0.25, 0.3) is 10.8 Å². The number of carbonyl (C=O) groups excluding carboxylic acids is 2. The van der Waals surface area contributed by atoms with Gasteiger partial charge in [0.05, 0.1) is 12.2 Å². The molecule has 2 saturated heterocycles. The molecule has 0 unspecified atom stereocenters. The molecule has 1 atom stereocenters. The van der Waals surface area contributed by atoms with E-state index in [1.54, 1.807) is 19.0 Å². The average Bonchev–Trinajstić information content (AvgIpc) is 3.45. The summed E-state index contributed by atoms with van der Waals surface area (Å²) in [7, 11) is 5.49. The number of fused-ring (bicyclic) bond motifs is 2. The molecule has 4 heterocycles. The maximum atomic E-state index is 12.8. The van der Waals surface area contributed by atoms with Crippen LogP contribution < -0.4 is 14.5 Å². The molecule has 2 fully saturated rings. The van der Waals surface area contributed by atoms with Gasteiger partial charge in [-0.05, 0) is 56.8 Å². The van der Waals surface area contributed by atoms with Crippen LogP contribution in [-0.4, -0.2) is 110 Å². The normalized spacial score (nSPS) is 19.1. The number of aryl methyl sites for hydroxylation is 1. The second-order valence-electron chi connectivity index (χ2n) is 12.3. The van der Waals surface area contributed by atoms with Crippen molar-refractivity contribution in [3.05, 3.63) is 65.4 Å². The molecule has 3 aromatic rings. The maximum absolute atomic E-state index is 12.8. The van der Waals surface area contributed by atoms with Crippen molar-refractivity contribution in [2.75, 3.05) is 76.8 Å². The van der Waals surface area contributed by atoms with Gasteiger partial charge in [0.2, 0.25) is 11.8 Å². The Morgan fingerprint density at radius 2 is 1.75 bits per heavy atom. The number of likely N-dealkylation sites (N-methyl/N-ethyl adjacent to an activating group) is 2. The minimum atomic E-state index is -0.200. The number of carbonyl (C=O) groups is 2. The van der Waals surface area contributed by atoms with Crippen molar-refractivity contribution in [2.45, 2.75) is 38.8 Å². The van der Waals surface area contributed by atoms with Crippen LogP contribution in [0.4, 0.5) is 11.5 Å². The van der Waals surface area contributed by atoms with Crippen LogP contribution in [0.3, 0.4) is 0 Å². The Hall–Kier alpha value is -4.18. The van der Waals surface area contributed by atoms with E-state index >= 15 is 0 Å². The highest BCUT2D eigenvalue weighted by Crippen LogP contribution is 2.35. The van der Waals surface area contributed by atoms with Gasteiger partial charge in [0.1, 0.15) is 12.4 Å². The molecular weight excluding hydrogens is 554 g/mol. The van der Waals surface area contributed by atoms with Gasteiger partial charge in [0.25, 0.3) is 0 Å². The molecule has 2 aromatic carbocycles. The number of piperazine rings is 1. The molecule has 3 aliphatic rings. The first kappa shape index (κ1) is 29.9. The highest BCUT2D eigenvalue weighted by atomic mass is 16.5. The Kier molecular flexibility index (Phi) is 8.70. The molecular formula is C34H43N7O3. The van der Waals surface area contributed by atoms with Gasteiger partial charge < -0.3 is 29.2 Å². The monoisotopic (exact) mass is 597 g/mol. The summed E-state index contributed by atoms with van der Waals surface area (Å²) < 4.78 is 6.30. The summed E-state index contributed by atoms with van der Waals surface area (Å²) in [5, 5.41) is 2.53. The number of anilines is 2. The Morgan fingerprint density at radius 1 is 0.977 bits per heavy atom. The maximum Gasteiger partial charge on any atom is 0.318 e. The lowest BCUT2D eigenvalue weighted by atomic mass is 9.99. The number of rotatable bonds is 7. The van der Waals surface area contributed by atoms with Crippen molar-refractivity contribution in [2.24, 2.45) is 0 Å². The number of aromatic nitrogens is 2. The molecule has 0 aliphatic carbocycles. The van der Waals surface area contributed by atoms with Gasteiger partial charge in [0, 0.05) is 81.7 Å². The predicted octanol–water partition coefficient (Wildman–Crippen LogP) is 3.27. The zero-order valence-corrected chi connectivity index (χ0v) is 26.3. The van der Waals surface area contributed by atoms with E-state index < -0.39 is 0 Å². The fourth-order valence-corrected chi connectivity index (χ4v) is 6.59. The smallest absolute Gasteiger partial charge is 0.318 e. The van der Waals surface area contributed by atoms with Crippen LogP contribution in [0, 0.1) is 6.92 Å². The lowest BCUT2D eigenvalue weighted by Gasteiger charge is -2.38. The van der Waals surface area contributed by atoms with Crippen LogP contribution in [0.1, 0.15) is 29.7 Å². The Bertz CT molecular complexity index is 1560. The first-order chi connectivity index (χ1) is 21.3. The average molecular weight is 598 g/mol. The minimum absolute atomic E-state index is 0.143. The van der Waals surface area contributed by atoms with Crippen LogP contribution in [0.2, 0.25) is 0 Å². The molecule has 0 spiro atoms. The summed E-state index contributed by atoms with van der Waals surface area (Å²) in [5.41, 5.74) is 4.67. The van der Waals surface area contributed by atoms with Crippen molar-refractivity contribution in [3.8, 4) is 6.01 Å². The van der Waals surface area contributed by atoms with Gasteiger partial charge in [-0.15, -0.1) is 0 Å². The van der Waals surface area contributed by atoms with Crippen LogP contribution in [0.5, 0.6) is 6.01 Å². The van der Waals surface area contributed by atoms with Crippen molar-refractivity contribution in [1.29, 1.82) is 0 Å². The van der Waals surface area contributed by atoms with Gasteiger partial charge in [-0.3, -0.25) is 9.59 Å². The van der Waals surface area contributed by atoms with E-state index in [0.29, 0.717) is 51.4 Å².